The van der Waals surface area contributed by atoms with Gasteiger partial charge in [-0.3, -0.25) is 9.59 Å². The van der Waals surface area contributed by atoms with Crippen molar-refractivity contribution in [1.82, 2.24) is 4.90 Å². The lowest BCUT2D eigenvalue weighted by molar-refractivity contribution is -0.136. The maximum atomic E-state index is 14.0. The smallest absolute Gasteiger partial charge is 0.349 e. The van der Waals surface area contributed by atoms with Crippen LogP contribution in [0.2, 0.25) is 0 Å². The zero-order valence-electron chi connectivity index (χ0n) is 17.2. The van der Waals surface area contributed by atoms with E-state index in [2.05, 4.69) is 5.32 Å². The van der Waals surface area contributed by atoms with Crippen LogP contribution in [0.15, 0.2) is 42.5 Å². The number of aryl methyl sites for hydroxylation is 1. The largest absolute Gasteiger partial charge is 0.497 e. The predicted octanol–water partition coefficient (Wildman–Crippen LogP) is 3.61. The van der Waals surface area contributed by atoms with Crippen LogP contribution in [0.3, 0.4) is 0 Å². The number of likely N-dealkylation sites (N-methyl/N-ethyl adjacent to an activating group) is 1. The molecule has 31 heavy (non-hydrogen) atoms. The molecule has 2 amide bonds. The highest BCUT2D eigenvalue weighted by Gasteiger charge is 2.21. The molecule has 0 unspecified atom stereocenters. The lowest BCUT2D eigenvalue weighted by Gasteiger charge is -2.17. The molecule has 1 aromatic heterocycles. The number of nitrogens with one attached hydrogen (secondary N) is 1. The van der Waals surface area contributed by atoms with E-state index in [-0.39, 0.29) is 11.4 Å². The van der Waals surface area contributed by atoms with Crippen molar-refractivity contribution in [2.24, 2.45) is 0 Å². The van der Waals surface area contributed by atoms with E-state index in [1.165, 1.54) is 20.2 Å². The minimum atomic E-state index is -0.708. The Labute approximate surface area is 182 Å². The number of benzene rings is 2. The Bertz CT molecular complexity index is 1140. The molecule has 1 heterocycles. The Balaban J connectivity index is 1.55. The number of fused-ring (bicyclic) bond motifs is 1. The number of carbonyl (C=O) groups is 3. The van der Waals surface area contributed by atoms with Gasteiger partial charge in [0.1, 0.15) is 16.4 Å². The highest BCUT2D eigenvalue weighted by Crippen LogP contribution is 2.33. The summed E-state index contributed by atoms with van der Waals surface area (Å²) >= 11 is 1.11. The van der Waals surface area contributed by atoms with Gasteiger partial charge in [-0.05, 0) is 36.8 Å². The third-order valence-corrected chi connectivity index (χ3v) is 5.81. The molecule has 0 spiro atoms. The second-order valence-electron chi connectivity index (χ2n) is 6.78. The van der Waals surface area contributed by atoms with Crippen LogP contribution in [0.5, 0.6) is 5.75 Å². The van der Waals surface area contributed by atoms with Crippen molar-refractivity contribution in [2.45, 2.75) is 6.92 Å². The van der Waals surface area contributed by atoms with Gasteiger partial charge in [0.25, 0.3) is 5.91 Å². The Morgan fingerprint density at radius 3 is 2.61 bits per heavy atom. The molecule has 3 aromatic rings. The molecule has 0 aliphatic carbocycles. The summed E-state index contributed by atoms with van der Waals surface area (Å²) in [6, 6.07) is 11.4. The summed E-state index contributed by atoms with van der Waals surface area (Å²) in [5.74, 6) is -1.49. The summed E-state index contributed by atoms with van der Waals surface area (Å²) in [5, 5.41) is 3.04. The Morgan fingerprint density at radius 1 is 1.16 bits per heavy atom. The Hall–Kier alpha value is -3.46. The summed E-state index contributed by atoms with van der Waals surface area (Å²) in [7, 11) is 2.95. The number of rotatable bonds is 7. The van der Waals surface area contributed by atoms with E-state index >= 15 is 0 Å². The highest BCUT2D eigenvalue weighted by atomic mass is 32.1. The maximum absolute atomic E-state index is 14.0. The van der Waals surface area contributed by atoms with Crippen molar-refractivity contribution in [1.29, 1.82) is 0 Å². The average molecular weight is 444 g/mol. The standard InChI is InChI=1S/C22H21FN2O5S/c1-13-20-16(23)8-5-9-17(20)31-21(13)22(28)30-12-19(27)25(2)11-18(26)24-14-6-4-7-15(10-14)29-3/h4-10H,11-12H2,1-3H3,(H,24,26). The van der Waals surface area contributed by atoms with E-state index in [1.54, 1.807) is 43.3 Å². The number of thiophene rings is 1. The molecule has 0 aliphatic heterocycles. The normalized spacial score (nSPS) is 10.6. The minimum Gasteiger partial charge on any atom is -0.497 e. The first-order valence-electron chi connectivity index (χ1n) is 9.32. The van der Waals surface area contributed by atoms with Gasteiger partial charge in [-0.2, -0.15) is 0 Å². The summed E-state index contributed by atoms with van der Waals surface area (Å²) < 4.78 is 24.8. The molecule has 1 N–H and O–H groups in total. The fraction of sp³-hybridized carbons (Fsp3) is 0.227. The number of nitrogens with zero attached hydrogens (tertiary/aromatic N) is 1. The molecule has 0 atom stereocenters. The van der Waals surface area contributed by atoms with Crippen LogP contribution < -0.4 is 10.1 Å². The number of carbonyl (C=O) groups excluding carboxylic acids is 3. The van der Waals surface area contributed by atoms with Crippen LogP contribution in [0.1, 0.15) is 15.2 Å². The Morgan fingerprint density at radius 2 is 1.90 bits per heavy atom. The molecule has 3 rings (SSSR count). The second-order valence-corrected chi connectivity index (χ2v) is 7.83. The zero-order valence-corrected chi connectivity index (χ0v) is 18.0. The fourth-order valence-corrected chi connectivity index (χ4v) is 4.07. The van der Waals surface area contributed by atoms with Gasteiger partial charge in [-0.1, -0.05) is 12.1 Å². The van der Waals surface area contributed by atoms with Crippen LogP contribution in [0.4, 0.5) is 10.1 Å². The van der Waals surface area contributed by atoms with Crippen molar-refractivity contribution in [3.8, 4) is 5.75 Å². The number of hydrogen-bond donors (Lipinski definition) is 1. The number of anilines is 1. The molecule has 162 valence electrons. The van der Waals surface area contributed by atoms with Gasteiger partial charge in [0, 0.05) is 28.9 Å². The topological polar surface area (TPSA) is 84.9 Å². The summed E-state index contributed by atoms with van der Waals surface area (Å²) in [4.78, 5) is 38.2. The van der Waals surface area contributed by atoms with Gasteiger partial charge >= 0.3 is 5.97 Å². The highest BCUT2D eigenvalue weighted by molar-refractivity contribution is 7.21. The van der Waals surface area contributed by atoms with Crippen molar-refractivity contribution in [3.63, 3.8) is 0 Å². The number of ether oxygens (including phenoxy) is 2. The van der Waals surface area contributed by atoms with Gasteiger partial charge in [0.15, 0.2) is 6.61 Å². The molecule has 2 aromatic carbocycles. The third kappa shape index (κ3) is 5.18. The lowest BCUT2D eigenvalue weighted by atomic mass is 10.1. The van der Waals surface area contributed by atoms with Crippen LogP contribution in [-0.2, 0) is 14.3 Å². The molecule has 0 saturated carbocycles. The summed E-state index contributed by atoms with van der Waals surface area (Å²) in [5.41, 5.74) is 1.01. The maximum Gasteiger partial charge on any atom is 0.349 e. The number of esters is 1. The second kappa shape index (κ2) is 9.57. The van der Waals surface area contributed by atoms with Crippen molar-refractivity contribution in [2.75, 3.05) is 32.6 Å². The molecule has 0 saturated heterocycles. The van der Waals surface area contributed by atoms with Crippen LogP contribution in [0.25, 0.3) is 10.1 Å². The fourth-order valence-electron chi connectivity index (χ4n) is 2.96. The van der Waals surface area contributed by atoms with Crippen LogP contribution in [0, 0.1) is 12.7 Å². The number of methoxy groups -OCH3 is 1. The number of amides is 2. The molecular weight excluding hydrogens is 423 g/mol. The lowest BCUT2D eigenvalue weighted by Crippen LogP contribution is -2.37. The minimum absolute atomic E-state index is 0.222. The summed E-state index contributed by atoms with van der Waals surface area (Å²) in [6.07, 6.45) is 0. The Kier molecular flexibility index (Phi) is 6.86. The van der Waals surface area contributed by atoms with Crippen molar-refractivity contribution in [3.05, 3.63) is 58.7 Å². The first kappa shape index (κ1) is 22.2. The van der Waals surface area contributed by atoms with E-state index in [1.807, 2.05) is 0 Å². The molecule has 0 fully saturated rings. The van der Waals surface area contributed by atoms with Gasteiger partial charge in [-0.15, -0.1) is 11.3 Å². The monoisotopic (exact) mass is 444 g/mol. The molecule has 0 bridgehead atoms. The summed E-state index contributed by atoms with van der Waals surface area (Å²) in [6.45, 7) is 0.883. The molecular formula is C22H21FN2O5S. The number of hydrogen-bond acceptors (Lipinski definition) is 6. The third-order valence-electron chi connectivity index (χ3n) is 4.58. The SMILES string of the molecule is COc1cccc(NC(=O)CN(C)C(=O)COC(=O)c2sc3cccc(F)c3c2C)c1. The molecule has 9 heteroatoms. The van der Waals surface area contributed by atoms with Gasteiger partial charge in [0.2, 0.25) is 5.91 Å². The van der Waals surface area contributed by atoms with Crippen molar-refractivity contribution >= 4 is 44.9 Å². The first-order valence-corrected chi connectivity index (χ1v) is 10.1. The van der Waals surface area contributed by atoms with Gasteiger partial charge in [0.05, 0.1) is 13.7 Å². The van der Waals surface area contributed by atoms with Crippen molar-refractivity contribution < 1.29 is 28.2 Å². The quantitative estimate of drug-likeness (QED) is 0.563. The first-order chi connectivity index (χ1) is 14.8. The molecule has 0 aliphatic rings. The average Bonchev–Trinajstić information content (AvgIpc) is 3.09. The van der Waals surface area contributed by atoms with Gasteiger partial charge in [-0.25, -0.2) is 9.18 Å². The van der Waals surface area contributed by atoms with E-state index in [4.69, 9.17) is 9.47 Å². The van der Waals surface area contributed by atoms with Crippen LogP contribution in [-0.4, -0.2) is 50.0 Å². The molecule has 0 radical (unpaired) electrons. The molecule has 7 nitrogen and oxygen atoms in total. The van der Waals surface area contributed by atoms with E-state index < -0.39 is 30.2 Å². The van der Waals surface area contributed by atoms with Gasteiger partial charge < -0.3 is 19.7 Å². The van der Waals surface area contributed by atoms with E-state index in [0.717, 1.165) is 16.2 Å². The number of halogens is 1. The van der Waals surface area contributed by atoms with Crippen LogP contribution >= 0.6 is 11.3 Å². The van der Waals surface area contributed by atoms with E-state index in [9.17, 15) is 18.8 Å². The van der Waals surface area contributed by atoms with E-state index in [0.29, 0.717) is 27.1 Å². The zero-order chi connectivity index (χ0) is 22.5. The predicted molar refractivity (Wildman–Crippen MR) is 116 cm³/mol.